The molecular formula is C29H23NO6S. The Labute approximate surface area is 217 Å². The van der Waals surface area contributed by atoms with Gasteiger partial charge in [0.1, 0.15) is 15.9 Å². The number of Topliss-reactive ketones (excluding diaryl/α,β-unsaturated/α-hetero) is 1. The number of methoxy groups -OCH3 is 2. The lowest BCUT2D eigenvalue weighted by atomic mass is 9.60. The van der Waals surface area contributed by atoms with Crippen LogP contribution in [0.5, 0.6) is 5.75 Å². The minimum atomic E-state index is -2.50. The van der Waals surface area contributed by atoms with E-state index in [1.807, 2.05) is 30.3 Å². The van der Waals surface area contributed by atoms with Crippen molar-refractivity contribution in [1.82, 2.24) is 0 Å². The number of hydrogen-bond donors (Lipinski definition) is 1. The molecule has 0 unspecified atom stereocenters. The summed E-state index contributed by atoms with van der Waals surface area (Å²) in [6.45, 7) is 0. The van der Waals surface area contributed by atoms with Gasteiger partial charge in [-0.3, -0.25) is 9.59 Å². The van der Waals surface area contributed by atoms with E-state index in [1.54, 1.807) is 49.5 Å². The normalized spacial score (nSPS) is 27.5. The molecule has 6 rings (SSSR count). The van der Waals surface area contributed by atoms with Crippen LogP contribution in [0, 0.1) is 0 Å². The largest absolute Gasteiger partial charge is 0.497 e. The lowest BCUT2D eigenvalue weighted by molar-refractivity contribution is -0.166. The van der Waals surface area contributed by atoms with Gasteiger partial charge >= 0.3 is 5.97 Å². The van der Waals surface area contributed by atoms with Gasteiger partial charge in [0.25, 0.3) is 0 Å². The van der Waals surface area contributed by atoms with Crippen molar-refractivity contribution in [3.63, 3.8) is 0 Å². The average Bonchev–Trinajstić information content (AvgIpc) is 3.46. The topological polar surface area (TPSA) is 93.1 Å². The number of carbonyl (C=O) groups is 3. The lowest BCUT2D eigenvalue weighted by Crippen LogP contribution is -2.68. The number of fused-ring (bicyclic) bond motifs is 4. The molecule has 0 saturated heterocycles. The summed E-state index contributed by atoms with van der Waals surface area (Å²) in [6.07, 6.45) is 1.35. The first-order valence-electron chi connectivity index (χ1n) is 11.7. The molecule has 0 aromatic heterocycles. The van der Waals surface area contributed by atoms with Gasteiger partial charge in [-0.15, -0.1) is 11.8 Å². The third kappa shape index (κ3) is 2.59. The number of esters is 1. The zero-order valence-corrected chi connectivity index (χ0v) is 21.2. The highest BCUT2D eigenvalue weighted by Gasteiger charge is 2.82. The zero-order valence-electron chi connectivity index (χ0n) is 20.3. The van der Waals surface area contributed by atoms with E-state index in [2.05, 4.69) is 0 Å². The van der Waals surface area contributed by atoms with Crippen LogP contribution in [-0.4, -0.2) is 54.4 Å². The van der Waals surface area contributed by atoms with Crippen molar-refractivity contribution in [3.05, 3.63) is 95.6 Å². The first-order valence-corrected chi connectivity index (χ1v) is 12.5. The summed E-state index contributed by atoms with van der Waals surface area (Å²) in [7, 11) is 4.22. The zero-order chi connectivity index (χ0) is 26.2. The Morgan fingerprint density at radius 3 is 2.35 bits per heavy atom. The number of hydrogen-bond acceptors (Lipinski definition) is 7. The number of aliphatic hydroxyl groups is 1. The lowest BCUT2D eigenvalue weighted by Gasteiger charge is -2.45. The predicted octanol–water partition coefficient (Wildman–Crippen LogP) is 3.64. The van der Waals surface area contributed by atoms with Crippen LogP contribution in [0.3, 0.4) is 0 Å². The first kappa shape index (κ1) is 23.5. The maximum atomic E-state index is 14.7. The number of ketones is 1. The smallest absolute Gasteiger partial charge is 0.343 e. The van der Waals surface area contributed by atoms with Gasteiger partial charge in [0.15, 0.2) is 5.78 Å². The molecule has 1 aliphatic carbocycles. The molecule has 3 atom stereocenters. The molecular weight excluding hydrogens is 490 g/mol. The summed E-state index contributed by atoms with van der Waals surface area (Å²) in [5, 5.41) is 12.5. The molecule has 2 heterocycles. The fourth-order valence-corrected chi connectivity index (χ4v) is 7.89. The van der Waals surface area contributed by atoms with Crippen LogP contribution in [-0.2, 0) is 19.7 Å². The van der Waals surface area contributed by atoms with E-state index in [4.69, 9.17) is 9.47 Å². The third-order valence-corrected chi connectivity index (χ3v) is 9.32. The molecule has 2 aliphatic heterocycles. The molecule has 2 spiro atoms. The van der Waals surface area contributed by atoms with E-state index in [0.29, 0.717) is 38.6 Å². The molecule has 3 aliphatic rings. The summed E-state index contributed by atoms with van der Waals surface area (Å²) < 4.78 is 8.90. The number of benzene rings is 3. The molecule has 3 aromatic carbocycles. The molecule has 186 valence electrons. The van der Waals surface area contributed by atoms with Crippen LogP contribution < -0.4 is 9.64 Å². The van der Waals surface area contributed by atoms with E-state index in [1.165, 1.54) is 29.8 Å². The van der Waals surface area contributed by atoms with Crippen molar-refractivity contribution in [2.45, 2.75) is 20.7 Å². The van der Waals surface area contributed by atoms with E-state index >= 15 is 0 Å². The highest BCUT2D eigenvalue weighted by molar-refractivity contribution is 8.02. The van der Waals surface area contributed by atoms with Crippen LogP contribution in [0.4, 0.5) is 5.69 Å². The van der Waals surface area contributed by atoms with Crippen molar-refractivity contribution in [3.8, 4) is 5.75 Å². The Morgan fingerprint density at radius 1 is 0.973 bits per heavy atom. The highest BCUT2D eigenvalue weighted by atomic mass is 32.2. The Bertz CT molecular complexity index is 1530. The quantitative estimate of drug-likeness (QED) is 0.535. The molecule has 7 nitrogen and oxygen atoms in total. The number of carbonyl (C=O) groups excluding carboxylic acids is 3. The van der Waals surface area contributed by atoms with Crippen LogP contribution >= 0.6 is 11.8 Å². The monoisotopic (exact) mass is 513 g/mol. The number of thioether (sulfide) groups is 1. The molecule has 1 N–H and O–H groups in total. The van der Waals surface area contributed by atoms with E-state index in [-0.39, 0.29) is 5.78 Å². The Morgan fingerprint density at radius 2 is 1.68 bits per heavy atom. The minimum absolute atomic E-state index is 0.322. The molecule has 37 heavy (non-hydrogen) atoms. The predicted molar refractivity (Wildman–Crippen MR) is 139 cm³/mol. The van der Waals surface area contributed by atoms with Crippen molar-refractivity contribution < 1.29 is 29.0 Å². The fraction of sp³-hybridized carbons (Fsp3) is 0.207. The molecule has 3 aromatic rings. The number of amides is 1. The van der Waals surface area contributed by atoms with Crippen molar-refractivity contribution >= 4 is 40.7 Å². The van der Waals surface area contributed by atoms with Crippen LogP contribution in [0.15, 0.2) is 83.8 Å². The number of rotatable bonds is 3. The summed E-state index contributed by atoms with van der Waals surface area (Å²) in [5.74, 6) is -1.55. The van der Waals surface area contributed by atoms with Gasteiger partial charge in [0.2, 0.25) is 11.5 Å². The van der Waals surface area contributed by atoms with Crippen LogP contribution in [0.2, 0.25) is 0 Å². The van der Waals surface area contributed by atoms with Gasteiger partial charge < -0.3 is 19.5 Å². The van der Waals surface area contributed by atoms with Crippen molar-refractivity contribution in [1.29, 1.82) is 0 Å². The molecule has 8 heteroatoms. The second-order valence-electron chi connectivity index (χ2n) is 9.29. The number of likely N-dealkylation sites (N-methyl/N-ethyl adjacent to an activating group) is 1. The van der Waals surface area contributed by atoms with Gasteiger partial charge in [-0.1, -0.05) is 48.5 Å². The highest BCUT2D eigenvalue weighted by Crippen LogP contribution is 2.71. The van der Waals surface area contributed by atoms with Crippen LogP contribution in [0.1, 0.15) is 21.5 Å². The minimum Gasteiger partial charge on any atom is -0.497 e. The van der Waals surface area contributed by atoms with Gasteiger partial charge in [0, 0.05) is 28.8 Å². The summed E-state index contributed by atoms with van der Waals surface area (Å²) in [6, 6.07) is 21.2. The van der Waals surface area contributed by atoms with Crippen LogP contribution in [0.25, 0.3) is 5.57 Å². The maximum Gasteiger partial charge on any atom is 0.343 e. The molecule has 0 bridgehead atoms. The van der Waals surface area contributed by atoms with Gasteiger partial charge in [-0.2, -0.15) is 0 Å². The molecule has 0 radical (unpaired) electrons. The average molecular weight is 514 g/mol. The Kier molecular flexibility index (Phi) is 4.96. The second kappa shape index (κ2) is 7.81. The molecule has 0 fully saturated rings. The standard InChI is InChI=1S/C29H23NO6S/c1-30-22-14-13-18(35-2)15-20(22)28(25(30)32)27(34,26(33)36-3)16-21(17-9-5-4-6-10-17)29(28)24(31)19-11-7-8-12-23(19)37-29/h4-16,34H,1-3H3/t27-,28-,29-/m1/s1. The van der Waals surface area contributed by atoms with E-state index < -0.39 is 27.6 Å². The number of nitrogens with zero attached hydrogens (tertiary/aromatic N) is 1. The van der Waals surface area contributed by atoms with E-state index in [9.17, 15) is 19.5 Å². The number of anilines is 1. The third-order valence-electron chi connectivity index (χ3n) is 7.72. The van der Waals surface area contributed by atoms with Crippen molar-refractivity contribution in [2.24, 2.45) is 0 Å². The number of ether oxygens (including phenoxy) is 2. The Balaban J connectivity index is 1.80. The summed E-state index contributed by atoms with van der Waals surface area (Å²) in [5.41, 5.74) is -2.36. The second-order valence-corrected chi connectivity index (χ2v) is 10.5. The summed E-state index contributed by atoms with van der Waals surface area (Å²) >= 11 is 1.19. The molecule has 0 saturated carbocycles. The Hall–Kier alpha value is -3.88. The van der Waals surface area contributed by atoms with Gasteiger partial charge in [-0.25, -0.2) is 4.79 Å². The van der Waals surface area contributed by atoms with Gasteiger partial charge in [0.05, 0.1) is 14.2 Å². The SMILES string of the molecule is COC(=O)[C@]1(O)C=C(c2ccccc2)[C@]2(Sc3ccccc3C2=O)[C@]12C(=O)N(C)c1ccc(OC)cc12. The van der Waals surface area contributed by atoms with E-state index in [0.717, 1.165) is 7.11 Å². The first-order chi connectivity index (χ1) is 17.8. The summed E-state index contributed by atoms with van der Waals surface area (Å²) in [4.78, 5) is 44.9. The fourth-order valence-electron chi connectivity index (χ4n) is 6.15. The van der Waals surface area contributed by atoms with Crippen molar-refractivity contribution in [2.75, 3.05) is 26.2 Å². The molecule has 1 amide bonds. The maximum absolute atomic E-state index is 14.7. The van der Waals surface area contributed by atoms with Gasteiger partial charge in [-0.05, 0) is 41.5 Å².